The number of rotatable bonds is 3. The van der Waals surface area contributed by atoms with Gasteiger partial charge in [0.2, 0.25) is 0 Å². The predicted molar refractivity (Wildman–Crippen MR) is 149 cm³/mol. The highest BCUT2D eigenvalue weighted by Gasteiger charge is 2.30. The van der Waals surface area contributed by atoms with Gasteiger partial charge in [0.25, 0.3) is 0 Å². The molecule has 145 valence electrons. The van der Waals surface area contributed by atoms with E-state index in [0.717, 1.165) is 62.9 Å². The summed E-state index contributed by atoms with van der Waals surface area (Å²) in [6.07, 6.45) is 0. The third kappa shape index (κ3) is 5.30. The zero-order valence-corrected chi connectivity index (χ0v) is 27.6. The number of benzene rings is 3. The molecule has 0 saturated heterocycles. The van der Waals surface area contributed by atoms with Crippen molar-refractivity contribution in [1.82, 2.24) is 0 Å². The zero-order chi connectivity index (χ0) is 20.7. The van der Waals surface area contributed by atoms with Crippen LogP contribution in [0.5, 0.6) is 0 Å². The topological polar surface area (TPSA) is 0 Å². The van der Waals surface area contributed by atoms with Gasteiger partial charge in [-0.25, -0.2) is 0 Å². The van der Waals surface area contributed by atoms with E-state index < -0.39 is 0 Å². The van der Waals surface area contributed by atoms with Gasteiger partial charge < -0.3 is 0 Å². The Morgan fingerprint density at radius 1 is 0.357 bits per heavy atom. The Labute approximate surface area is 239 Å². The first-order chi connectivity index (χ1) is 13.1. The molecule has 9 heteroatoms. The quantitative estimate of drug-likeness (QED) is 0.230. The van der Waals surface area contributed by atoms with Crippen molar-refractivity contribution < 1.29 is 0 Å². The molecule has 0 aliphatic carbocycles. The first kappa shape index (κ1) is 24.6. The van der Waals surface area contributed by atoms with Crippen LogP contribution in [0.2, 0.25) is 0 Å². The Kier molecular flexibility index (Phi) is 9.04. The van der Waals surface area contributed by atoms with Gasteiger partial charge in [-0.1, -0.05) is 143 Å². The summed E-state index contributed by atoms with van der Waals surface area (Å²) in [7, 11) is 0. The van der Waals surface area contributed by atoms with Crippen LogP contribution in [0, 0.1) is 5.92 Å². The van der Waals surface area contributed by atoms with E-state index in [9.17, 15) is 0 Å². The van der Waals surface area contributed by atoms with Gasteiger partial charge in [0.05, 0.1) is 5.92 Å². The Morgan fingerprint density at radius 2 is 0.536 bits per heavy atom. The van der Waals surface area contributed by atoms with Gasteiger partial charge in [0.15, 0.2) is 0 Å². The van der Waals surface area contributed by atoms with E-state index in [1.54, 1.807) is 0 Å². The monoisotopic (exact) mass is 944 g/mol. The van der Waals surface area contributed by atoms with Crippen molar-refractivity contribution in [2.24, 2.45) is 0 Å². The summed E-state index contributed by atoms with van der Waals surface area (Å²) in [6.45, 7) is 0. The molecule has 3 rings (SSSR count). The van der Waals surface area contributed by atoms with Crippen LogP contribution in [0.15, 0.2) is 76.7 Å². The summed E-state index contributed by atoms with van der Waals surface area (Å²) < 4.78 is 8.74. The van der Waals surface area contributed by atoms with E-state index in [1.165, 1.54) is 0 Å². The lowest BCUT2D eigenvalue weighted by atomic mass is 9.85. The number of hydrogen-bond acceptors (Lipinski definition) is 0. The molecule has 1 radical (unpaired) electrons. The maximum Gasteiger partial charge on any atom is 0.0698 e. The number of halogens is 9. The van der Waals surface area contributed by atoms with Crippen molar-refractivity contribution in [3.8, 4) is 0 Å². The van der Waals surface area contributed by atoms with Gasteiger partial charge in [-0.2, -0.15) is 0 Å². The lowest BCUT2D eigenvalue weighted by molar-refractivity contribution is 1.16. The Balaban J connectivity index is 2.45. The SMILES string of the molecule is Brc1cc(Br)c([C](c2c(Br)cc(Br)cc2Br)c2c(Br)cc(Br)cc2Br)c(Br)c1. The summed E-state index contributed by atoms with van der Waals surface area (Å²) in [4.78, 5) is 0. The van der Waals surface area contributed by atoms with Gasteiger partial charge in [0.1, 0.15) is 0 Å². The van der Waals surface area contributed by atoms with Gasteiger partial charge in [0, 0.05) is 40.3 Å². The van der Waals surface area contributed by atoms with Crippen molar-refractivity contribution in [2.75, 3.05) is 0 Å². The molecule has 3 aromatic carbocycles. The van der Waals surface area contributed by atoms with Gasteiger partial charge in [-0.05, 0) is 53.1 Å². The average molecular weight is 953 g/mol. The molecule has 0 heterocycles. The second kappa shape index (κ2) is 10.3. The summed E-state index contributed by atoms with van der Waals surface area (Å²) in [5.74, 6) is 1.05. The molecule has 0 N–H and O–H groups in total. The summed E-state index contributed by atoms with van der Waals surface area (Å²) in [6, 6.07) is 12.3. The molecular formula is C19H6Br9. The molecule has 3 aromatic rings. The van der Waals surface area contributed by atoms with E-state index in [4.69, 9.17) is 0 Å². The Bertz CT molecular complexity index is 869. The molecule has 0 atom stereocenters. The fourth-order valence-electron chi connectivity index (χ4n) is 2.72. The lowest BCUT2D eigenvalue weighted by Crippen LogP contribution is -2.10. The molecule has 28 heavy (non-hydrogen) atoms. The van der Waals surface area contributed by atoms with Crippen molar-refractivity contribution >= 4 is 143 Å². The summed E-state index contributed by atoms with van der Waals surface area (Å²) >= 11 is 33.3. The molecule has 0 fully saturated rings. The van der Waals surface area contributed by atoms with Gasteiger partial charge in [-0.15, -0.1) is 0 Å². The van der Waals surface area contributed by atoms with Crippen LogP contribution < -0.4 is 0 Å². The van der Waals surface area contributed by atoms with E-state index in [-0.39, 0.29) is 0 Å². The third-order valence-corrected chi connectivity index (χ3v) is 8.90. The fourth-order valence-corrected chi connectivity index (χ4v) is 10.7. The molecule has 0 aliphatic heterocycles. The van der Waals surface area contributed by atoms with Crippen LogP contribution in [0.4, 0.5) is 0 Å². The lowest BCUT2D eigenvalue weighted by Gasteiger charge is -2.26. The summed E-state index contributed by atoms with van der Waals surface area (Å²) in [5.41, 5.74) is 3.11. The van der Waals surface area contributed by atoms with Crippen molar-refractivity contribution in [1.29, 1.82) is 0 Å². The molecule has 0 aromatic heterocycles. The highest BCUT2D eigenvalue weighted by molar-refractivity contribution is 9.12. The predicted octanol–water partition coefficient (Wildman–Crippen LogP) is 11.6. The highest BCUT2D eigenvalue weighted by Crippen LogP contribution is 2.50. The fraction of sp³-hybridized carbons (Fsp3) is 0. The smallest absolute Gasteiger partial charge is 0.0508 e. The molecule has 0 aliphatic rings. The van der Waals surface area contributed by atoms with E-state index in [1.807, 2.05) is 36.4 Å². The van der Waals surface area contributed by atoms with Gasteiger partial charge >= 0.3 is 0 Å². The maximum absolute atomic E-state index is 3.76. The second-order valence-corrected chi connectivity index (χ2v) is 13.5. The largest absolute Gasteiger partial charge is 0.0698 e. The van der Waals surface area contributed by atoms with Crippen LogP contribution in [-0.2, 0) is 0 Å². The van der Waals surface area contributed by atoms with Crippen LogP contribution in [0.1, 0.15) is 16.7 Å². The average Bonchev–Trinajstić information content (AvgIpc) is 2.51. The van der Waals surface area contributed by atoms with Crippen molar-refractivity contribution in [3.63, 3.8) is 0 Å². The van der Waals surface area contributed by atoms with Crippen LogP contribution in [0.3, 0.4) is 0 Å². The molecule has 0 bridgehead atoms. The van der Waals surface area contributed by atoms with Crippen molar-refractivity contribution in [3.05, 3.63) is 99.3 Å². The molecule has 0 saturated carbocycles. The van der Waals surface area contributed by atoms with Gasteiger partial charge in [-0.3, -0.25) is 0 Å². The minimum absolute atomic E-state index is 0.965. The molecule has 0 nitrogen and oxygen atoms in total. The second-order valence-electron chi connectivity index (χ2n) is 5.61. The Morgan fingerprint density at radius 3 is 0.714 bits per heavy atom. The number of hydrogen-bond donors (Lipinski definition) is 0. The minimum Gasteiger partial charge on any atom is -0.0508 e. The summed E-state index contributed by atoms with van der Waals surface area (Å²) in [5, 5.41) is 0. The van der Waals surface area contributed by atoms with Crippen molar-refractivity contribution in [2.45, 2.75) is 0 Å². The third-order valence-electron chi connectivity index (χ3n) is 3.77. The molecule has 0 spiro atoms. The van der Waals surface area contributed by atoms with E-state index in [0.29, 0.717) is 0 Å². The maximum atomic E-state index is 3.76. The molecule has 0 unspecified atom stereocenters. The first-order valence-corrected chi connectivity index (χ1v) is 14.6. The standard InChI is InChI=1S/C19H6Br9/c20-7-1-10(23)16(11(24)2-7)19(17-12(25)3-8(21)4-13(17)26)18-14(27)5-9(22)6-15(18)28/h1-6H. The Hall–Kier alpha value is 1.98. The molecular weight excluding hydrogens is 947 g/mol. The van der Waals surface area contributed by atoms with Crippen LogP contribution >= 0.6 is 143 Å². The van der Waals surface area contributed by atoms with Crippen LogP contribution in [0.25, 0.3) is 0 Å². The highest BCUT2D eigenvalue weighted by atomic mass is 79.9. The van der Waals surface area contributed by atoms with E-state index in [2.05, 4.69) is 143 Å². The van der Waals surface area contributed by atoms with E-state index >= 15 is 0 Å². The molecule has 0 amide bonds. The minimum atomic E-state index is 0.965. The zero-order valence-electron chi connectivity index (χ0n) is 13.4. The normalized spacial score (nSPS) is 11.4. The van der Waals surface area contributed by atoms with Crippen LogP contribution in [-0.4, -0.2) is 0 Å². The first-order valence-electron chi connectivity index (χ1n) is 7.41.